The van der Waals surface area contributed by atoms with Crippen molar-refractivity contribution < 1.29 is 5.11 Å². The summed E-state index contributed by atoms with van der Waals surface area (Å²) in [7, 11) is 0. The Balaban J connectivity index is 2.60. The van der Waals surface area contributed by atoms with Crippen molar-refractivity contribution in [2.45, 2.75) is 13.1 Å². The first-order chi connectivity index (χ1) is 5.86. The highest BCUT2D eigenvalue weighted by molar-refractivity contribution is 5.23. The molecule has 0 aliphatic rings. The molecule has 3 heteroatoms. The molecule has 0 saturated heterocycles. The van der Waals surface area contributed by atoms with Crippen LogP contribution in [0.1, 0.15) is 11.1 Å². The van der Waals surface area contributed by atoms with E-state index in [1.807, 2.05) is 24.3 Å². The number of nitrogens with two attached hydrogens (primary N) is 1. The van der Waals surface area contributed by atoms with E-state index >= 15 is 0 Å². The summed E-state index contributed by atoms with van der Waals surface area (Å²) in [5.41, 5.74) is 7.74. The molecule has 4 N–H and O–H groups in total. The van der Waals surface area contributed by atoms with Crippen molar-refractivity contribution in [2.24, 2.45) is 5.73 Å². The molecule has 0 bridgehead atoms. The fourth-order valence-electron chi connectivity index (χ4n) is 1.07. The molecule has 0 fully saturated rings. The minimum Gasteiger partial charge on any atom is -0.381 e. The predicted molar refractivity (Wildman–Crippen MR) is 48.3 cm³/mol. The Morgan fingerprint density at radius 3 is 2.75 bits per heavy atom. The van der Waals surface area contributed by atoms with Gasteiger partial charge in [-0.3, -0.25) is 5.32 Å². The van der Waals surface area contributed by atoms with Gasteiger partial charge in [0.15, 0.2) is 0 Å². The third-order valence-corrected chi connectivity index (χ3v) is 1.67. The van der Waals surface area contributed by atoms with E-state index in [0.717, 1.165) is 11.1 Å². The number of benzene rings is 1. The average Bonchev–Trinajstić information content (AvgIpc) is 2.15. The van der Waals surface area contributed by atoms with E-state index in [0.29, 0.717) is 13.1 Å². The molecule has 0 amide bonds. The molecule has 0 heterocycles. The van der Waals surface area contributed by atoms with Crippen molar-refractivity contribution in [1.29, 1.82) is 0 Å². The van der Waals surface area contributed by atoms with Crippen LogP contribution in [0, 0.1) is 0 Å². The number of nitrogens with one attached hydrogen (secondary N) is 1. The molecule has 1 aromatic carbocycles. The van der Waals surface area contributed by atoms with Crippen LogP contribution in [0.2, 0.25) is 0 Å². The average molecular weight is 166 g/mol. The largest absolute Gasteiger partial charge is 0.381 e. The van der Waals surface area contributed by atoms with Gasteiger partial charge in [0, 0.05) is 13.1 Å². The number of aliphatic hydroxyl groups excluding tert-OH is 1. The van der Waals surface area contributed by atoms with E-state index in [1.165, 1.54) is 0 Å². The Hall–Kier alpha value is -0.900. The molecular weight excluding hydrogens is 152 g/mol. The molecular formula is C9H14N2O. The summed E-state index contributed by atoms with van der Waals surface area (Å²) in [6, 6.07) is 7.99. The molecule has 0 spiro atoms. The molecule has 0 aliphatic heterocycles. The second kappa shape index (κ2) is 4.87. The first-order valence-electron chi connectivity index (χ1n) is 3.96. The van der Waals surface area contributed by atoms with Crippen LogP contribution in [-0.4, -0.2) is 11.8 Å². The molecule has 0 radical (unpaired) electrons. The zero-order chi connectivity index (χ0) is 8.81. The van der Waals surface area contributed by atoms with Gasteiger partial charge in [-0.15, -0.1) is 0 Å². The summed E-state index contributed by atoms with van der Waals surface area (Å²) in [5.74, 6) is 0. The molecule has 0 atom stereocenters. The van der Waals surface area contributed by atoms with E-state index in [-0.39, 0.29) is 6.73 Å². The van der Waals surface area contributed by atoms with Crippen molar-refractivity contribution in [2.75, 3.05) is 6.73 Å². The zero-order valence-electron chi connectivity index (χ0n) is 6.96. The molecule has 0 unspecified atom stereocenters. The smallest absolute Gasteiger partial charge is 0.0934 e. The van der Waals surface area contributed by atoms with Gasteiger partial charge in [-0.25, -0.2) is 0 Å². The Kier molecular flexibility index (Phi) is 3.73. The summed E-state index contributed by atoms with van der Waals surface area (Å²) in [6.45, 7) is 1.25. The summed E-state index contributed by atoms with van der Waals surface area (Å²) in [4.78, 5) is 0. The number of aliphatic hydroxyl groups is 1. The van der Waals surface area contributed by atoms with E-state index in [1.54, 1.807) is 0 Å². The van der Waals surface area contributed by atoms with Crippen LogP contribution in [0.3, 0.4) is 0 Å². The second-order valence-corrected chi connectivity index (χ2v) is 2.61. The first kappa shape index (κ1) is 9.19. The van der Waals surface area contributed by atoms with Crippen LogP contribution in [0.5, 0.6) is 0 Å². The highest BCUT2D eigenvalue weighted by Gasteiger charge is 1.92. The lowest BCUT2D eigenvalue weighted by atomic mass is 10.1. The van der Waals surface area contributed by atoms with E-state index in [4.69, 9.17) is 10.8 Å². The van der Waals surface area contributed by atoms with Gasteiger partial charge in [0.25, 0.3) is 0 Å². The van der Waals surface area contributed by atoms with Gasteiger partial charge in [-0.05, 0) is 11.1 Å². The quantitative estimate of drug-likeness (QED) is 0.559. The molecule has 1 rings (SSSR count). The zero-order valence-corrected chi connectivity index (χ0v) is 6.96. The van der Waals surface area contributed by atoms with E-state index in [2.05, 4.69) is 5.32 Å². The maximum atomic E-state index is 8.52. The lowest BCUT2D eigenvalue weighted by Crippen LogP contribution is -2.13. The van der Waals surface area contributed by atoms with Crippen LogP contribution in [0.15, 0.2) is 24.3 Å². The van der Waals surface area contributed by atoms with Crippen molar-refractivity contribution in [3.63, 3.8) is 0 Å². The SMILES string of the molecule is NCc1cccc(CNCO)c1. The van der Waals surface area contributed by atoms with Gasteiger partial charge in [0.1, 0.15) is 0 Å². The maximum absolute atomic E-state index is 8.52. The van der Waals surface area contributed by atoms with Gasteiger partial charge in [0.2, 0.25) is 0 Å². The van der Waals surface area contributed by atoms with Crippen LogP contribution in [0.25, 0.3) is 0 Å². The van der Waals surface area contributed by atoms with Crippen molar-refractivity contribution in [1.82, 2.24) is 5.32 Å². The predicted octanol–water partition coefficient (Wildman–Crippen LogP) is 0.185. The molecule has 3 nitrogen and oxygen atoms in total. The Labute approximate surface area is 72.2 Å². The fourth-order valence-corrected chi connectivity index (χ4v) is 1.07. The van der Waals surface area contributed by atoms with Gasteiger partial charge in [-0.1, -0.05) is 24.3 Å². The molecule has 1 aromatic rings. The standard InChI is InChI=1S/C9H14N2O/c10-5-8-2-1-3-9(4-8)6-11-7-12/h1-4,11-12H,5-7,10H2. The summed E-state index contributed by atoms with van der Waals surface area (Å²) >= 11 is 0. The van der Waals surface area contributed by atoms with Crippen LogP contribution >= 0.6 is 0 Å². The molecule has 0 saturated carbocycles. The second-order valence-electron chi connectivity index (χ2n) is 2.61. The molecule has 66 valence electrons. The topological polar surface area (TPSA) is 58.3 Å². The normalized spacial score (nSPS) is 10.2. The number of hydrogen-bond donors (Lipinski definition) is 3. The summed E-state index contributed by atoms with van der Waals surface area (Å²) in [5, 5.41) is 11.3. The van der Waals surface area contributed by atoms with E-state index < -0.39 is 0 Å². The van der Waals surface area contributed by atoms with Gasteiger partial charge >= 0.3 is 0 Å². The molecule has 12 heavy (non-hydrogen) atoms. The van der Waals surface area contributed by atoms with Gasteiger partial charge in [-0.2, -0.15) is 0 Å². The minimum atomic E-state index is 0.00680. The Morgan fingerprint density at radius 1 is 1.33 bits per heavy atom. The van der Waals surface area contributed by atoms with Gasteiger partial charge in [0.05, 0.1) is 6.73 Å². The molecule has 0 aromatic heterocycles. The van der Waals surface area contributed by atoms with E-state index in [9.17, 15) is 0 Å². The van der Waals surface area contributed by atoms with Crippen LogP contribution in [0.4, 0.5) is 0 Å². The number of rotatable bonds is 4. The third-order valence-electron chi connectivity index (χ3n) is 1.67. The minimum absolute atomic E-state index is 0.00680. The van der Waals surface area contributed by atoms with Crippen molar-refractivity contribution in [3.05, 3.63) is 35.4 Å². The monoisotopic (exact) mass is 166 g/mol. The van der Waals surface area contributed by atoms with Crippen LogP contribution < -0.4 is 11.1 Å². The molecule has 0 aliphatic carbocycles. The Morgan fingerprint density at radius 2 is 2.08 bits per heavy atom. The highest BCUT2D eigenvalue weighted by Crippen LogP contribution is 2.03. The highest BCUT2D eigenvalue weighted by atomic mass is 16.3. The van der Waals surface area contributed by atoms with Crippen molar-refractivity contribution in [3.8, 4) is 0 Å². The van der Waals surface area contributed by atoms with Gasteiger partial charge < -0.3 is 10.8 Å². The van der Waals surface area contributed by atoms with Crippen LogP contribution in [-0.2, 0) is 13.1 Å². The maximum Gasteiger partial charge on any atom is 0.0934 e. The Bertz CT molecular complexity index is 238. The lowest BCUT2D eigenvalue weighted by Gasteiger charge is -2.03. The fraction of sp³-hybridized carbons (Fsp3) is 0.333. The first-order valence-corrected chi connectivity index (χ1v) is 3.96. The third kappa shape index (κ3) is 2.62. The lowest BCUT2D eigenvalue weighted by molar-refractivity contribution is 0.259. The van der Waals surface area contributed by atoms with Crippen molar-refractivity contribution >= 4 is 0 Å². The summed E-state index contributed by atoms with van der Waals surface area (Å²) in [6.07, 6.45) is 0. The summed E-state index contributed by atoms with van der Waals surface area (Å²) < 4.78 is 0. The number of hydrogen-bond acceptors (Lipinski definition) is 3.